The Morgan fingerprint density at radius 1 is 1.25 bits per heavy atom. The molecule has 0 bridgehead atoms. The van der Waals surface area contributed by atoms with Gasteiger partial charge in [0, 0.05) is 17.4 Å². The molecule has 0 aliphatic heterocycles. The van der Waals surface area contributed by atoms with Gasteiger partial charge in [-0.3, -0.25) is 4.79 Å². The molecule has 0 saturated carbocycles. The van der Waals surface area contributed by atoms with Gasteiger partial charge in [0.2, 0.25) is 5.91 Å². The zero-order valence-corrected chi connectivity index (χ0v) is 13.9. The Kier molecular flexibility index (Phi) is 4.26. The SMILES string of the molecule is Cc1cc(N)nc(SC(C)C(=O)Nc2ccc3[nH]c(=O)[nH]c3c2)n1. The fourth-order valence-corrected chi connectivity index (χ4v) is 3.02. The largest absolute Gasteiger partial charge is 0.384 e. The van der Waals surface area contributed by atoms with Crippen LogP contribution < -0.4 is 16.7 Å². The molecule has 2 aromatic heterocycles. The normalized spacial score (nSPS) is 12.2. The molecule has 2 heterocycles. The molecule has 1 aromatic carbocycles. The minimum absolute atomic E-state index is 0.194. The molecule has 0 aliphatic carbocycles. The fraction of sp³-hybridized carbons (Fsp3) is 0.200. The molecule has 3 aromatic rings. The van der Waals surface area contributed by atoms with Gasteiger partial charge in [-0.2, -0.15) is 0 Å². The van der Waals surface area contributed by atoms with Crippen LogP contribution in [0, 0.1) is 6.92 Å². The van der Waals surface area contributed by atoms with Crippen LogP contribution >= 0.6 is 11.8 Å². The molecule has 0 fully saturated rings. The molecule has 3 rings (SSSR count). The first-order chi connectivity index (χ1) is 11.4. The third kappa shape index (κ3) is 3.57. The van der Waals surface area contributed by atoms with Crippen LogP contribution in [0.1, 0.15) is 12.6 Å². The van der Waals surface area contributed by atoms with Gasteiger partial charge in [0.25, 0.3) is 0 Å². The van der Waals surface area contributed by atoms with E-state index in [0.29, 0.717) is 27.7 Å². The van der Waals surface area contributed by atoms with E-state index in [4.69, 9.17) is 5.73 Å². The topological polar surface area (TPSA) is 130 Å². The number of amides is 1. The van der Waals surface area contributed by atoms with Crippen LogP contribution in [0.5, 0.6) is 0 Å². The Bertz CT molecular complexity index is 944. The predicted molar refractivity (Wildman–Crippen MR) is 94.0 cm³/mol. The first-order valence-electron chi connectivity index (χ1n) is 7.21. The summed E-state index contributed by atoms with van der Waals surface area (Å²) in [6.45, 7) is 3.58. The highest BCUT2D eigenvalue weighted by molar-refractivity contribution is 8.00. The van der Waals surface area contributed by atoms with Crippen LogP contribution in [0.25, 0.3) is 11.0 Å². The summed E-state index contributed by atoms with van der Waals surface area (Å²) in [4.78, 5) is 37.3. The number of fused-ring (bicyclic) bond motifs is 1. The predicted octanol–water partition coefficient (Wildman–Crippen LogP) is 1.66. The summed E-state index contributed by atoms with van der Waals surface area (Å²) in [5.74, 6) is 0.181. The number of carbonyl (C=O) groups is 1. The first-order valence-corrected chi connectivity index (χ1v) is 8.09. The van der Waals surface area contributed by atoms with Gasteiger partial charge in [-0.25, -0.2) is 14.8 Å². The summed E-state index contributed by atoms with van der Waals surface area (Å²) in [6.07, 6.45) is 0. The second-order valence-electron chi connectivity index (χ2n) is 5.31. The van der Waals surface area contributed by atoms with Crippen molar-refractivity contribution in [1.82, 2.24) is 19.9 Å². The number of thioether (sulfide) groups is 1. The van der Waals surface area contributed by atoms with Crippen LogP contribution in [0.4, 0.5) is 11.5 Å². The maximum Gasteiger partial charge on any atom is 0.323 e. The second-order valence-corrected chi connectivity index (χ2v) is 6.61. The van der Waals surface area contributed by atoms with Gasteiger partial charge in [0.15, 0.2) is 5.16 Å². The molecule has 124 valence electrons. The molecule has 0 radical (unpaired) electrons. The van der Waals surface area contributed by atoms with Crippen LogP contribution in [-0.2, 0) is 4.79 Å². The number of nitrogens with one attached hydrogen (secondary N) is 3. The van der Waals surface area contributed by atoms with E-state index in [1.807, 2.05) is 6.92 Å². The minimum Gasteiger partial charge on any atom is -0.384 e. The molecule has 9 heteroatoms. The smallest absolute Gasteiger partial charge is 0.323 e. The average Bonchev–Trinajstić information content (AvgIpc) is 2.85. The van der Waals surface area contributed by atoms with Crippen LogP contribution in [0.3, 0.4) is 0 Å². The van der Waals surface area contributed by atoms with Crippen LogP contribution in [0.2, 0.25) is 0 Å². The number of carbonyl (C=O) groups excluding carboxylic acids is 1. The Morgan fingerprint density at radius 2 is 2.00 bits per heavy atom. The summed E-state index contributed by atoms with van der Waals surface area (Å²) < 4.78 is 0. The van der Waals surface area contributed by atoms with E-state index >= 15 is 0 Å². The van der Waals surface area contributed by atoms with E-state index in [1.54, 1.807) is 31.2 Å². The van der Waals surface area contributed by atoms with E-state index in [-0.39, 0.29) is 11.6 Å². The molecule has 24 heavy (non-hydrogen) atoms. The molecule has 1 amide bonds. The van der Waals surface area contributed by atoms with E-state index in [0.717, 1.165) is 5.69 Å². The summed E-state index contributed by atoms with van der Waals surface area (Å²) in [7, 11) is 0. The number of H-pyrrole nitrogens is 2. The van der Waals surface area contributed by atoms with Crippen LogP contribution in [0.15, 0.2) is 34.2 Å². The lowest BCUT2D eigenvalue weighted by Crippen LogP contribution is -2.22. The summed E-state index contributed by atoms with van der Waals surface area (Å²) >= 11 is 1.23. The van der Waals surface area contributed by atoms with Crippen molar-refractivity contribution in [3.05, 3.63) is 40.4 Å². The van der Waals surface area contributed by atoms with Gasteiger partial charge in [-0.05, 0) is 32.0 Å². The number of imidazole rings is 1. The molecule has 5 N–H and O–H groups in total. The monoisotopic (exact) mass is 344 g/mol. The molecule has 0 aliphatic rings. The first kappa shape index (κ1) is 16.1. The third-order valence-electron chi connectivity index (χ3n) is 3.29. The number of hydrogen-bond donors (Lipinski definition) is 4. The highest BCUT2D eigenvalue weighted by Crippen LogP contribution is 2.22. The van der Waals surface area contributed by atoms with Crippen molar-refractivity contribution in [2.75, 3.05) is 11.1 Å². The number of hydrogen-bond acceptors (Lipinski definition) is 6. The molecule has 0 saturated heterocycles. The number of rotatable bonds is 4. The van der Waals surface area contributed by atoms with E-state index in [2.05, 4.69) is 25.3 Å². The number of nitrogen functional groups attached to an aromatic ring is 1. The number of aromatic amines is 2. The van der Waals surface area contributed by atoms with Crippen molar-refractivity contribution in [3.63, 3.8) is 0 Å². The number of nitrogens with two attached hydrogens (primary N) is 1. The van der Waals surface area contributed by atoms with Crippen molar-refractivity contribution in [2.24, 2.45) is 0 Å². The van der Waals surface area contributed by atoms with Gasteiger partial charge < -0.3 is 21.0 Å². The Balaban J connectivity index is 1.71. The number of aryl methyl sites for hydroxylation is 1. The van der Waals surface area contributed by atoms with Gasteiger partial charge in [0.05, 0.1) is 16.3 Å². The van der Waals surface area contributed by atoms with E-state index in [9.17, 15) is 9.59 Å². The summed E-state index contributed by atoms with van der Waals surface area (Å²) in [5, 5.41) is 2.86. The van der Waals surface area contributed by atoms with Gasteiger partial charge in [-0.15, -0.1) is 0 Å². The van der Waals surface area contributed by atoms with E-state index < -0.39 is 5.25 Å². The van der Waals surface area contributed by atoms with Gasteiger partial charge in [-0.1, -0.05) is 11.8 Å². The Hall–Kier alpha value is -2.81. The van der Waals surface area contributed by atoms with E-state index in [1.165, 1.54) is 11.8 Å². The quantitative estimate of drug-likeness (QED) is 0.421. The van der Waals surface area contributed by atoms with Crippen LogP contribution in [-0.4, -0.2) is 31.1 Å². The molecular formula is C15H16N6O2S. The maximum absolute atomic E-state index is 12.3. The van der Waals surface area contributed by atoms with Crippen molar-refractivity contribution < 1.29 is 4.79 Å². The number of nitrogens with zero attached hydrogens (tertiary/aromatic N) is 2. The fourth-order valence-electron chi connectivity index (χ4n) is 2.18. The maximum atomic E-state index is 12.3. The Morgan fingerprint density at radius 3 is 2.75 bits per heavy atom. The second kappa shape index (κ2) is 6.36. The molecule has 1 atom stereocenters. The molecular weight excluding hydrogens is 328 g/mol. The minimum atomic E-state index is -0.410. The zero-order valence-electron chi connectivity index (χ0n) is 13.1. The number of benzene rings is 1. The van der Waals surface area contributed by atoms with Gasteiger partial charge >= 0.3 is 5.69 Å². The zero-order chi connectivity index (χ0) is 17.3. The van der Waals surface area contributed by atoms with Gasteiger partial charge in [0.1, 0.15) is 5.82 Å². The highest BCUT2D eigenvalue weighted by Gasteiger charge is 2.17. The van der Waals surface area contributed by atoms with Crippen molar-refractivity contribution in [3.8, 4) is 0 Å². The molecule has 1 unspecified atom stereocenters. The lowest BCUT2D eigenvalue weighted by Gasteiger charge is -2.11. The summed E-state index contributed by atoms with van der Waals surface area (Å²) in [6, 6.07) is 6.82. The number of aromatic nitrogens is 4. The lowest BCUT2D eigenvalue weighted by molar-refractivity contribution is -0.115. The average molecular weight is 344 g/mol. The Labute approximate surface area is 141 Å². The van der Waals surface area contributed by atoms with Crippen molar-refractivity contribution in [2.45, 2.75) is 24.3 Å². The standard InChI is InChI=1S/C15H16N6O2S/c1-7-5-12(16)21-15(17-7)24-8(2)13(22)18-9-3-4-10-11(6-9)20-14(23)19-10/h3-6,8H,1-2H3,(H,18,22)(H2,16,17,21)(H2,19,20,23). The third-order valence-corrected chi connectivity index (χ3v) is 4.25. The highest BCUT2D eigenvalue weighted by atomic mass is 32.2. The van der Waals surface area contributed by atoms with Crippen molar-refractivity contribution >= 4 is 40.2 Å². The summed E-state index contributed by atoms with van der Waals surface area (Å²) in [5.41, 5.74) is 8.07. The molecule has 0 spiro atoms. The number of anilines is 2. The molecule has 8 nitrogen and oxygen atoms in total. The lowest BCUT2D eigenvalue weighted by atomic mass is 10.2. The van der Waals surface area contributed by atoms with Crippen molar-refractivity contribution in [1.29, 1.82) is 0 Å².